The Bertz CT molecular complexity index is 771. The van der Waals surface area contributed by atoms with E-state index in [1.807, 2.05) is 20.8 Å². The maximum atomic E-state index is 12.2. The Morgan fingerprint density at radius 2 is 1.45 bits per heavy atom. The van der Waals surface area contributed by atoms with Crippen LogP contribution in [-0.4, -0.2) is 53.8 Å². The zero-order valence-corrected chi connectivity index (χ0v) is 20.5. The molecule has 0 unspecified atom stereocenters. The van der Waals surface area contributed by atoms with Crippen LogP contribution in [0.25, 0.3) is 0 Å². The first-order valence-corrected chi connectivity index (χ1v) is 12.3. The van der Waals surface area contributed by atoms with Crippen molar-refractivity contribution < 1.29 is 14.3 Å². The van der Waals surface area contributed by atoms with Gasteiger partial charge in [0.05, 0.1) is 6.10 Å². The molecule has 0 N–H and O–H groups in total. The third kappa shape index (κ3) is 9.56. The molecule has 0 bridgehead atoms. The predicted octanol–water partition coefficient (Wildman–Crippen LogP) is 5.89. The van der Waals surface area contributed by atoms with E-state index >= 15 is 0 Å². The summed E-state index contributed by atoms with van der Waals surface area (Å²) in [6.07, 6.45) is 3.95. The minimum absolute atomic E-state index is 0.210. The predicted molar refractivity (Wildman–Crippen MR) is 133 cm³/mol. The molecule has 2 aromatic carbocycles. The van der Waals surface area contributed by atoms with Gasteiger partial charge in [-0.15, -0.1) is 0 Å². The molecule has 5 heteroatoms. The topological polar surface area (TPSA) is 42.0 Å². The summed E-state index contributed by atoms with van der Waals surface area (Å²) in [5.41, 5.74) is 2.25. The largest absolute Gasteiger partial charge is 0.444 e. The quantitative estimate of drug-likeness (QED) is 0.422. The van der Waals surface area contributed by atoms with Crippen molar-refractivity contribution in [3.05, 3.63) is 71.8 Å². The van der Waals surface area contributed by atoms with E-state index in [1.54, 1.807) is 4.90 Å². The van der Waals surface area contributed by atoms with Crippen LogP contribution in [0.2, 0.25) is 0 Å². The van der Waals surface area contributed by atoms with Gasteiger partial charge in [0.1, 0.15) is 5.60 Å². The molecule has 1 heterocycles. The fraction of sp³-hybridized carbons (Fsp3) is 0.536. The fourth-order valence-electron chi connectivity index (χ4n) is 4.12. The molecule has 1 saturated heterocycles. The van der Waals surface area contributed by atoms with Crippen molar-refractivity contribution in [1.82, 2.24) is 9.80 Å². The van der Waals surface area contributed by atoms with Gasteiger partial charge in [0.2, 0.25) is 0 Å². The van der Waals surface area contributed by atoms with Crippen molar-refractivity contribution >= 4 is 6.09 Å². The average Bonchev–Trinajstić information content (AvgIpc) is 2.79. The van der Waals surface area contributed by atoms with E-state index in [-0.39, 0.29) is 12.2 Å². The van der Waals surface area contributed by atoms with E-state index in [0.29, 0.717) is 13.1 Å². The number of rotatable bonds is 10. The molecule has 0 atom stereocenters. The molecule has 180 valence electrons. The fourth-order valence-corrected chi connectivity index (χ4v) is 4.12. The van der Waals surface area contributed by atoms with Crippen LogP contribution in [0.4, 0.5) is 4.79 Å². The molecule has 0 aliphatic carbocycles. The molecule has 0 radical (unpaired) electrons. The lowest BCUT2D eigenvalue weighted by Crippen LogP contribution is -2.43. The summed E-state index contributed by atoms with van der Waals surface area (Å²) >= 11 is 0. The van der Waals surface area contributed by atoms with Crippen molar-refractivity contribution in [2.45, 2.75) is 71.2 Å². The maximum absolute atomic E-state index is 12.2. The minimum Gasteiger partial charge on any atom is -0.444 e. The third-order valence-corrected chi connectivity index (χ3v) is 5.81. The van der Waals surface area contributed by atoms with Crippen molar-refractivity contribution in [1.29, 1.82) is 0 Å². The zero-order chi connectivity index (χ0) is 23.5. The number of unbranched alkanes of at least 4 members (excludes halogenated alkanes) is 1. The van der Waals surface area contributed by atoms with E-state index in [0.717, 1.165) is 51.9 Å². The Balaban J connectivity index is 1.36. The summed E-state index contributed by atoms with van der Waals surface area (Å²) in [6.45, 7) is 10.9. The molecule has 2 aromatic rings. The highest BCUT2D eigenvalue weighted by Gasteiger charge is 2.27. The molecule has 1 fully saturated rings. The van der Waals surface area contributed by atoms with Crippen LogP contribution in [0.5, 0.6) is 0 Å². The number of hydrogen-bond donors (Lipinski definition) is 0. The SMILES string of the molecule is CC(C)(C)OC(=O)N1CCC(OCCCCN(Cc2ccccc2)Cc2ccccc2)CC1. The first-order chi connectivity index (χ1) is 15.9. The standard InChI is InChI=1S/C28H40N2O3/c1-28(2,3)33-27(31)30-19-16-26(17-20-30)32-21-11-10-18-29(22-24-12-6-4-7-13-24)23-25-14-8-5-9-15-25/h4-9,12-15,26H,10-11,16-23H2,1-3H3. The Hall–Kier alpha value is -2.37. The number of hydrogen-bond acceptors (Lipinski definition) is 4. The number of carbonyl (C=O) groups excluding carboxylic acids is 1. The lowest BCUT2D eigenvalue weighted by atomic mass is 10.1. The van der Waals surface area contributed by atoms with E-state index in [9.17, 15) is 4.79 Å². The molecule has 3 rings (SSSR count). The molecule has 5 nitrogen and oxygen atoms in total. The molecule has 1 aliphatic heterocycles. The minimum atomic E-state index is -0.445. The van der Waals surface area contributed by atoms with E-state index in [2.05, 4.69) is 65.6 Å². The van der Waals surface area contributed by atoms with E-state index in [1.165, 1.54) is 11.1 Å². The van der Waals surface area contributed by atoms with E-state index in [4.69, 9.17) is 9.47 Å². The van der Waals surface area contributed by atoms with Crippen LogP contribution in [0.15, 0.2) is 60.7 Å². The second-order valence-electron chi connectivity index (χ2n) is 9.93. The summed E-state index contributed by atoms with van der Waals surface area (Å²) in [4.78, 5) is 16.5. The summed E-state index contributed by atoms with van der Waals surface area (Å²) in [7, 11) is 0. The molecule has 0 aromatic heterocycles. The number of likely N-dealkylation sites (tertiary alicyclic amines) is 1. The third-order valence-electron chi connectivity index (χ3n) is 5.81. The Morgan fingerprint density at radius 3 is 1.97 bits per heavy atom. The Morgan fingerprint density at radius 1 is 0.909 bits per heavy atom. The molecule has 33 heavy (non-hydrogen) atoms. The second-order valence-corrected chi connectivity index (χ2v) is 9.93. The van der Waals surface area contributed by atoms with Gasteiger partial charge in [-0.05, 0) is 64.1 Å². The van der Waals surface area contributed by atoms with Crippen molar-refractivity contribution in [2.75, 3.05) is 26.2 Å². The number of benzene rings is 2. The van der Waals surface area contributed by atoms with Crippen LogP contribution >= 0.6 is 0 Å². The molecular weight excluding hydrogens is 412 g/mol. The van der Waals surface area contributed by atoms with Gasteiger partial charge in [0, 0.05) is 32.8 Å². The summed E-state index contributed by atoms with van der Waals surface area (Å²) in [5, 5.41) is 0. The average molecular weight is 453 g/mol. The highest BCUT2D eigenvalue weighted by Crippen LogP contribution is 2.18. The van der Waals surface area contributed by atoms with Gasteiger partial charge >= 0.3 is 6.09 Å². The maximum Gasteiger partial charge on any atom is 0.410 e. The summed E-state index contributed by atoms with van der Waals surface area (Å²) in [5.74, 6) is 0. The van der Waals surface area contributed by atoms with Gasteiger partial charge in [0.25, 0.3) is 0 Å². The van der Waals surface area contributed by atoms with Crippen molar-refractivity contribution in [3.8, 4) is 0 Å². The zero-order valence-electron chi connectivity index (χ0n) is 20.5. The lowest BCUT2D eigenvalue weighted by Gasteiger charge is -2.33. The number of ether oxygens (including phenoxy) is 2. The molecule has 1 amide bonds. The Kier molecular flexibility index (Phi) is 9.76. The normalized spacial score (nSPS) is 15.1. The van der Waals surface area contributed by atoms with E-state index < -0.39 is 5.60 Å². The van der Waals surface area contributed by atoms with Gasteiger partial charge in [-0.3, -0.25) is 4.90 Å². The number of nitrogens with zero attached hydrogens (tertiary/aromatic N) is 2. The molecular formula is C28H40N2O3. The smallest absolute Gasteiger partial charge is 0.410 e. The van der Waals surface area contributed by atoms with Crippen LogP contribution in [-0.2, 0) is 22.6 Å². The van der Waals surface area contributed by atoms with Crippen LogP contribution in [0, 0.1) is 0 Å². The van der Waals surface area contributed by atoms with Gasteiger partial charge < -0.3 is 14.4 Å². The highest BCUT2D eigenvalue weighted by atomic mass is 16.6. The second kappa shape index (κ2) is 12.8. The number of piperidine rings is 1. The Labute approximate surface area is 199 Å². The number of carbonyl (C=O) groups is 1. The van der Waals surface area contributed by atoms with Gasteiger partial charge in [0.15, 0.2) is 0 Å². The first kappa shape index (κ1) is 25.3. The highest BCUT2D eigenvalue weighted by molar-refractivity contribution is 5.68. The van der Waals surface area contributed by atoms with Gasteiger partial charge in [-0.25, -0.2) is 4.79 Å². The number of amides is 1. The summed E-state index contributed by atoms with van der Waals surface area (Å²) in [6, 6.07) is 21.4. The lowest BCUT2D eigenvalue weighted by molar-refractivity contribution is -0.0124. The van der Waals surface area contributed by atoms with Crippen LogP contribution in [0.3, 0.4) is 0 Å². The van der Waals surface area contributed by atoms with Crippen molar-refractivity contribution in [3.63, 3.8) is 0 Å². The monoisotopic (exact) mass is 452 g/mol. The summed E-state index contributed by atoms with van der Waals surface area (Å²) < 4.78 is 11.6. The van der Waals surface area contributed by atoms with Gasteiger partial charge in [-0.2, -0.15) is 0 Å². The van der Waals surface area contributed by atoms with Crippen molar-refractivity contribution in [2.24, 2.45) is 0 Å². The van der Waals surface area contributed by atoms with Gasteiger partial charge in [-0.1, -0.05) is 60.7 Å². The van der Waals surface area contributed by atoms with Crippen LogP contribution in [0.1, 0.15) is 57.6 Å². The molecule has 1 aliphatic rings. The molecule has 0 saturated carbocycles. The first-order valence-electron chi connectivity index (χ1n) is 12.3. The molecule has 0 spiro atoms. The van der Waals surface area contributed by atoms with Crippen LogP contribution < -0.4 is 0 Å².